The van der Waals surface area contributed by atoms with E-state index in [-0.39, 0.29) is 19.5 Å². The Labute approximate surface area is 99.3 Å². The van der Waals surface area contributed by atoms with Crippen LogP contribution < -0.4 is 0 Å². The Morgan fingerprint density at radius 3 is 2.29 bits per heavy atom. The zero-order valence-corrected chi connectivity index (χ0v) is 11.8. The third kappa shape index (κ3) is 3.51. The van der Waals surface area contributed by atoms with Gasteiger partial charge in [-0.25, -0.2) is 0 Å². The normalized spacial score (nSPS) is 22.8. The molecule has 1 N–H and O–H groups in total. The van der Waals surface area contributed by atoms with Crippen LogP contribution in [0.1, 0.15) is 24.8 Å². The fourth-order valence-electron chi connectivity index (χ4n) is 1.56. The van der Waals surface area contributed by atoms with Gasteiger partial charge in [0.15, 0.2) is 0 Å². The van der Waals surface area contributed by atoms with E-state index in [1.54, 1.807) is 6.92 Å². The van der Waals surface area contributed by atoms with Gasteiger partial charge in [0.05, 0.1) is 0 Å². The summed E-state index contributed by atoms with van der Waals surface area (Å²) < 4.78 is 0. The molecule has 14 heavy (non-hydrogen) atoms. The van der Waals surface area contributed by atoms with Crippen molar-refractivity contribution in [2.24, 2.45) is 5.92 Å². The van der Waals surface area contributed by atoms with Gasteiger partial charge in [0.25, 0.3) is 0 Å². The fraction of sp³-hybridized carbons (Fsp3) is 0.417. The summed E-state index contributed by atoms with van der Waals surface area (Å²) in [6, 6.07) is 10.4. The molecule has 0 heterocycles. The molecular formula is C12H17OZn-. The SMILES string of the molecule is OCC1CC1c1ccccc1.[CH2-]C.[Zn]. The Morgan fingerprint density at radius 1 is 1.29 bits per heavy atom. The van der Waals surface area contributed by atoms with Gasteiger partial charge in [0.1, 0.15) is 0 Å². The summed E-state index contributed by atoms with van der Waals surface area (Å²) in [7, 11) is 0. The quantitative estimate of drug-likeness (QED) is 0.624. The van der Waals surface area contributed by atoms with E-state index in [4.69, 9.17) is 5.11 Å². The van der Waals surface area contributed by atoms with Crippen LogP contribution in [0.3, 0.4) is 0 Å². The van der Waals surface area contributed by atoms with E-state index in [1.165, 1.54) is 12.0 Å². The minimum atomic E-state index is 0. The van der Waals surface area contributed by atoms with Crippen LogP contribution in [0.25, 0.3) is 0 Å². The number of benzene rings is 1. The van der Waals surface area contributed by atoms with Gasteiger partial charge in [-0.15, -0.1) is 0 Å². The summed E-state index contributed by atoms with van der Waals surface area (Å²) in [5.74, 6) is 1.18. The van der Waals surface area contributed by atoms with Crippen molar-refractivity contribution in [1.29, 1.82) is 0 Å². The molecule has 0 aromatic heterocycles. The molecule has 74 valence electrons. The van der Waals surface area contributed by atoms with E-state index in [0.717, 1.165) is 0 Å². The summed E-state index contributed by atoms with van der Waals surface area (Å²) in [6.07, 6.45) is 1.17. The van der Waals surface area contributed by atoms with Crippen molar-refractivity contribution < 1.29 is 24.6 Å². The van der Waals surface area contributed by atoms with Crippen LogP contribution in [-0.4, -0.2) is 11.7 Å². The molecule has 0 aliphatic heterocycles. The predicted octanol–water partition coefficient (Wildman–Crippen LogP) is 2.62. The standard InChI is InChI=1S/C10H12O.C2H5.Zn/c11-7-9-6-10(9)8-4-2-1-3-5-8;1-2;/h1-5,9-11H,6-7H2;1H2,2H3;/q;-1;. The molecule has 1 aliphatic carbocycles. The molecule has 0 radical (unpaired) electrons. The maximum Gasteiger partial charge on any atom is 0.0465 e. The molecule has 0 bridgehead atoms. The second-order valence-corrected chi connectivity index (χ2v) is 3.20. The van der Waals surface area contributed by atoms with Crippen molar-refractivity contribution in [3.63, 3.8) is 0 Å². The molecule has 1 aliphatic rings. The molecule has 0 saturated heterocycles. The van der Waals surface area contributed by atoms with Crippen molar-refractivity contribution in [3.8, 4) is 0 Å². The molecule has 2 heteroatoms. The van der Waals surface area contributed by atoms with Crippen molar-refractivity contribution in [1.82, 2.24) is 0 Å². The Bertz CT molecular complexity index is 235. The van der Waals surface area contributed by atoms with Gasteiger partial charge >= 0.3 is 0 Å². The van der Waals surface area contributed by atoms with Crippen LogP contribution in [-0.2, 0) is 19.5 Å². The van der Waals surface area contributed by atoms with Crippen LogP contribution in [0.5, 0.6) is 0 Å². The van der Waals surface area contributed by atoms with Gasteiger partial charge in [0, 0.05) is 26.1 Å². The summed E-state index contributed by atoms with van der Waals surface area (Å²) in [5, 5.41) is 8.84. The van der Waals surface area contributed by atoms with Crippen LogP contribution in [0.2, 0.25) is 0 Å². The van der Waals surface area contributed by atoms with Crippen molar-refractivity contribution in [2.45, 2.75) is 19.3 Å². The molecule has 1 nitrogen and oxygen atoms in total. The van der Waals surface area contributed by atoms with Gasteiger partial charge in [-0.1, -0.05) is 30.3 Å². The number of rotatable bonds is 2. The van der Waals surface area contributed by atoms with Gasteiger partial charge in [-0.05, 0) is 23.8 Å². The topological polar surface area (TPSA) is 20.2 Å². The van der Waals surface area contributed by atoms with Gasteiger partial charge in [0.2, 0.25) is 0 Å². The fourth-order valence-corrected chi connectivity index (χ4v) is 1.56. The Balaban J connectivity index is 0.000000531. The Kier molecular flexibility index (Phi) is 7.04. The Hall–Kier alpha value is -0.197. The van der Waals surface area contributed by atoms with Crippen LogP contribution in [0.15, 0.2) is 30.3 Å². The Morgan fingerprint density at radius 2 is 1.86 bits per heavy atom. The molecule has 1 fully saturated rings. The minimum Gasteiger partial charge on any atom is -0.396 e. The van der Waals surface area contributed by atoms with Gasteiger partial charge < -0.3 is 12.0 Å². The maximum atomic E-state index is 8.84. The third-order valence-corrected chi connectivity index (χ3v) is 2.38. The average molecular weight is 243 g/mol. The van der Waals surface area contributed by atoms with E-state index < -0.39 is 0 Å². The van der Waals surface area contributed by atoms with Gasteiger partial charge in [-0.2, -0.15) is 6.92 Å². The van der Waals surface area contributed by atoms with E-state index in [9.17, 15) is 0 Å². The molecule has 1 saturated carbocycles. The zero-order valence-electron chi connectivity index (χ0n) is 8.82. The summed E-state index contributed by atoms with van der Waals surface area (Å²) >= 11 is 0. The number of aliphatic hydroxyl groups is 1. The largest absolute Gasteiger partial charge is 0.396 e. The molecule has 2 atom stereocenters. The van der Waals surface area contributed by atoms with Crippen LogP contribution in [0.4, 0.5) is 0 Å². The van der Waals surface area contributed by atoms with E-state index >= 15 is 0 Å². The summed E-state index contributed by atoms with van der Waals surface area (Å²) in [4.78, 5) is 0. The smallest absolute Gasteiger partial charge is 0.0465 e. The van der Waals surface area contributed by atoms with Crippen LogP contribution in [0, 0.1) is 12.8 Å². The van der Waals surface area contributed by atoms with E-state index in [2.05, 4.69) is 31.2 Å². The molecule has 2 unspecified atom stereocenters. The monoisotopic (exact) mass is 241 g/mol. The first-order valence-electron chi connectivity index (χ1n) is 4.78. The second kappa shape index (κ2) is 7.14. The molecule has 1 aromatic carbocycles. The second-order valence-electron chi connectivity index (χ2n) is 3.20. The van der Waals surface area contributed by atoms with Crippen molar-refractivity contribution in [2.75, 3.05) is 6.61 Å². The first-order chi connectivity index (χ1) is 6.42. The predicted molar refractivity (Wildman–Crippen MR) is 55.4 cm³/mol. The number of hydrogen-bond acceptors (Lipinski definition) is 1. The number of hydrogen-bond donors (Lipinski definition) is 1. The third-order valence-electron chi connectivity index (χ3n) is 2.38. The maximum absolute atomic E-state index is 8.84. The van der Waals surface area contributed by atoms with Gasteiger partial charge in [-0.3, -0.25) is 0 Å². The minimum absolute atomic E-state index is 0. The van der Waals surface area contributed by atoms with E-state index in [1.807, 2.05) is 6.07 Å². The molecular weight excluding hydrogens is 226 g/mol. The van der Waals surface area contributed by atoms with E-state index in [0.29, 0.717) is 18.4 Å². The zero-order chi connectivity index (χ0) is 9.68. The summed E-state index contributed by atoms with van der Waals surface area (Å²) in [5.41, 5.74) is 1.38. The van der Waals surface area contributed by atoms with Crippen molar-refractivity contribution in [3.05, 3.63) is 42.8 Å². The van der Waals surface area contributed by atoms with Crippen molar-refractivity contribution >= 4 is 0 Å². The first kappa shape index (κ1) is 13.8. The summed E-state index contributed by atoms with van der Waals surface area (Å²) in [6.45, 7) is 5.35. The number of aliphatic hydroxyl groups excluding tert-OH is 1. The van der Waals surface area contributed by atoms with Crippen LogP contribution >= 0.6 is 0 Å². The molecule has 2 rings (SSSR count). The first-order valence-corrected chi connectivity index (χ1v) is 4.78. The molecule has 0 spiro atoms. The average Bonchev–Trinajstić information content (AvgIpc) is 3.01. The molecule has 0 amide bonds. The molecule has 1 aromatic rings.